The summed E-state index contributed by atoms with van der Waals surface area (Å²) in [6, 6.07) is 0. The van der Waals surface area contributed by atoms with Crippen LogP contribution in [0.5, 0.6) is 0 Å². The highest BCUT2D eigenvalue weighted by Crippen LogP contribution is 2.24. The molecule has 0 aromatic heterocycles. The number of rotatable bonds is 5. The van der Waals surface area contributed by atoms with Crippen molar-refractivity contribution >= 4 is 0 Å². The van der Waals surface area contributed by atoms with Gasteiger partial charge < -0.3 is 10.1 Å². The minimum Gasteiger partial charge on any atom is -0.377 e. The van der Waals surface area contributed by atoms with Crippen LogP contribution in [0.15, 0.2) is 0 Å². The van der Waals surface area contributed by atoms with Crippen LogP contribution in [0.2, 0.25) is 0 Å². The van der Waals surface area contributed by atoms with E-state index in [2.05, 4.69) is 26.1 Å². The molecule has 0 aliphatic carbocycles. The first kappa shape index (κ1) is 11.0. The predicted molar refractivity (Wildman–Crippen MR) is 56.0 cm³/mol. The predicted octanol–water partition coefficient (Wildman–Crippen LogP) is 2.33. The zero-order valence-corrected chi connectivity index (χ0v) is 9.23. The maximum Gasteiger partial charge on any atom is 0.0726 e. The first-order valence-electron chi connectivity index (χ1n) is 5.55. The molecule has 13 heavy (non-hydrogen) atoms. The molecule has 0 aromatic carbocycles. The van der Waals surface area contributed by atoms with Crippen molar-refractivity contribution in [3.8, 4) is 0 Å². The second kappa shape index (κ2) is 4.97. The molecule has 0 bridgehead atoms. The van der Waals surface area contributed by atoms with Crippen molar-refractivity contribution in [3.63, 3.8) is 0 Å². The Morgan fingerprint density at radius 2 is 2.23 bits per heavy atom. The van der Waals surface area contributed by atoms with Gasteiger partial charge in [-0.3, -0.25) is 0 Å². The molecular formula is C11H23NO. The first-order valence-corrected chi connectivity index (χ1v) is 5.55. The Morgan fingerprint density at radius 1 is 1.46 bits per heavy atom. The number of hydrogen-bond donors (Lipinski definition) is 1. The van der Waals surface area contributed by atoms with Crippen molar-refractivity contribution in [3.05, 3.63) is 0 Å². The Hall–Kier alpha value is -0.0800. The molecule has 0 saturated carbocycles. The Balaban J connectivity index is 2.18. The second-order valence-corrected chi connectivity index (χ2v) is 4.31. The van der Waals surface area contributed by atoms with Crippen LogP contribution in [-0.2, 0) is 4.74 Å². The van der Waals surface area contributed by atoms with E-state index in [1.807, 2.05) is 0 Å². The molecule has 78 valence electrons. The average molecular weight is 185 g/mol. The summed E-state index contributed by atoms with van der Waals surface area (Å²) >= 11 is 0. The van der Waals surface area contributed by atoms with Gasteiger partial charge in [-0.05, 0) is 33.2 Å². The summed E-state index contributed by atoms with van der Waals surface area (Å²) in [4.78, 5) is 0. The molecular weight excluding hydrogens is 162 g/mol. The van der Waals surface area contributed by atoms with Gasteiger partial charge in [-0.15, -0.1) is 0 Å². The normalized spacial score (nSPS) is 33.9. The molecule has 1 aliphatic heterocycles. The van der Waals surface area contributed by atoms with Crippen molar-refractivity contribution in [1.29, 1.82) is 0 Å². The van der Waals surface area contributed by atoms with Crippen LogP contribution in [0.25, 0.3) is 0 Å². The van der Waals surface area contributed by atoms with Crippen molar-refractivity contribution in [1.82, 2.24) is 5.32 Å². The lowest BCUT2D eigenvalue weighted by Gasteiger charge is -2.29. The largest absolute Gasteiger partial charge is 0.377 e. The van der Waals surface area contributed by atoms with E-state index in [1.165, 1.54) is 19.3 Å². The molecule has 2 heteroatoms. The molecule has 0 spiro atoms. The fourth-order valence-electron chi connectivity index (χ4n) is 1.82. The van der Waals surface area contributed by atoms with Crippen molar-refractivity contribution in [2.24, 2.45) is 0 Å². The fourth-order valence-corrected chi connectivity index (χ4v) is 1.82. The summed E-state index contributed by atoms with van der Waals surface area (Å²) < 4.78 is 5.56. The van der Waals surface area contributed by atoms with E-state index < -0.39 is 0 Å². The summed E-state index contributed by atoms with van der Waals surface area (Å²) in [6.07, 6.45) is 5.44. The molecule has 1 N–H and O–H groups in total. The number of hydrogen-bond acceptors (Lipinski definition) is 2. The van der Waals surface area contributed by atoms with Gasteiger partial charge in [-0.25, -0.2) is 0 Å². The highest BCUT2D eigenvalue weighted by Gasteiger charge is 2.35. The van der Waals surface area contributed by atoms with Crippen LogP contribution in [0, 0.1) is 0 Å². The van der Waals surface area contributed by atoms with Gasteiger partial charge >= 0.3 is 0 Å². The summed E-state index contributed by atoms with van der Waals surface area (Å²) in [5, 5.41) is 3.62. The fraction of sp³-hybridized carbons (Fsp3) is 1.00. The van der Waals surface area contributed by atoms with E-state index >= 15 is 0 Å². The summed E-state index contributed by atoms with van der Waals surface area (Å²) in [5.41, 5.74) is 0.230. The Bertz CT molecular complexity index is 149. The van der Waals surface area contributed by atoms with Gasteiger partial charge in [0.1, 0.15) is 0 Å². The first-order chi connectivity index (χ1) is 6.19. The lowest BCUT2D eigenvalue weighted by atomic mass is 9.94. The van der Waals surface area contributed by atoms with Crippen LogP contribution in [0.3, 0.4) is 0 Å². The topological polar surface area (TPSA) is 21.3 Å². The summed E-state index contributed by atoms with van der Waals surface area (Å²) in [7, 11) is 0. The second-order valence-electron chi connectivity index (χ2n) is 4.31. The molecule has 1 aliphatic rings. The molecule has 2 unspecified atom stereocenters. The summed E-state index contributed by atoms with van der Waals surface area (Å²) in [6.45, 7) is 8.73. The van der Waals surface area contributed by atoms with Crippen LogP contribution < -0.4 is 5.32 Å². The molecule has 1 rings (SSSR count). The molecule has 1 heterocycles. The third-order valence-electron chi connectivity index (χ3n) is 3.20. The van der Waals surface area contributed by atoms with Gasteiger partial charge in [0.15, 0.2) is 0 Å². The number of nitrogens with one attached hydrogen (secondary N) is 1. The monoisotopic (exact) mass is 185 g/mol. The minimum absolute atomic E-state index is 0.230. The van der Waals surface area contributed by atoms with Crippen LogP contribution >= 0.6 is 0 Å². The lowest BCUT2D eigenvalue weighted by Crippen LogP contribution is -2.48. The molecule has 1 saturated heterocycles. The van der Waals surface area contributed by atoms with E-state index in [4.69, 9.17) is 4.74 Å². The molecule has 2 nitrogen and oxygen atoms in total. The van der Waals surface area contributed by atoms with Crippen LogP contribution in [0.1, 0.15) is 46.5 Å². The van der Waals surface area contributed by atoms with Crippen molar-refractivity contribution < 1.29 is 4.74 Å². The minimum atomic E-state index is 0.230. The summed E-state index contributed by atoms with van der Waals surface area (Å²) in [5.74, 6) is 0. The Labute approximate surface area is 82.0 Å². The van der Waals surface area contributed by atoms with E-state index in [-0.39, 0.29) is 5.54 Å². The third-order valence-corrected chi connectivity index (χ3v) is 3.20. The van der Waals surface area contributed by atoms with Crippen molar-refractivity contribution in [2.75, 3.05) is 13.2 Å². The SMILES string of the molecule is CCCCCNC1(C)CCOC1C. The van der Waals surface area contributed by atoms with Gasteiger partial charge in [-0.1, -0.05) is 19.8 Å². The Kier molecular flexibility index (Phi) is 4.20. The maximum absolute atomic E-state index is 5.56. The number of unbranched alkanes of at least 4 members (excludes halogenated alkanes) is 2. The molecule has 0 amide bonds. The van der Waals surface area contributed by atoms with Gasteiger partial charge in [0.2, 0.25) is 0 Å². The van der Waals surface area contributed by atoms with E-state index in [0.29, 0.717) is 6.10 Å². The molecule has 2 atom stereocenters. The van der Waals surface area contributed by atoms with E-state index in [0.717, 1.165) is 19.6 Å². The highest BCUT2D eigenvalue weighted by atomic mass is 16.5. The quantitative estimate of drug-likeness (QED) is 0.664. The van der Waals surface area contributed by atoms with Gasteiger partial charge in [0.05, 0.1) is 6.10 Å². The Morgan fingerprint density at radius 3 is 2.77 bits per heavy atom. The smallest absolute Gasteiger partial charge is 0.0726 e. The van der Waals surface area contributed by atoms with E-state index in [1.54, 1.807) is 0 Å². The molecule has 1 fully saturated rings. The zero-order chi connectivity index (χ0) is 9.73. The van der Waals surface area contributed by atoms with Gasteiger partial charge in [-0.2, -0.15) is 0 Å². The number of ether oxygens (including phenoxy) is 1. The molecule has 0 radical (unpaired) electrons. The van der Waals surface area contributed by atoms with Crippen LogP contribution in [-0.4, -0.2) is 24.8 Å². The maximum atomic E-state index is 5.56. The van der Waals surface area contributed by atoms with Crippen molar-refractivity contribution in [2.45, 2.75) is 58.1 Å². The molecule has 0 aromatic rings. The lowest BCUT2D eigenvalue weighted by molar-refractivity contribution is 0.0887. The van der Waals surface area contributed by atoms with Crippen LogP contribution in [0.4, 0.5) is 0 Å². The average Bonchev–Trinajstić information content (AvgIpc) is 2.42. The highest BCUT2D eigenvalue weighted by molar-refractivity contribution is 4.93. The van der Waals surface area contributed by atoms with E-state index in [9.17, 15) is 0 Å². The third kappa shape index (κ3) is 2.96. The zero-order valence-electron chi connectivity index (χ0n) is 9.23. The van der Waals surface area contributed by atoms with Gasteiger partial charge in [0.25, 0.3) is 0 Å². The standard InChI is InChI=1S/C11H23NO/c1-4-5-6-8-12-11(3)7-9-13-10(11)2/h10,12H,4-9H2,1-3H3. The van der Waals surface area contributed by atoms with Gasteiger partial charge in [0, 0.05) is 12.1 Å².